The highest BCUT2D eigenvalue weighted by molar-refractivity contribution is 7.19. The first-order valence-corrected chi connectivity index (χ1v) is 8.45. The minimum absolute atomic E-state index is 0.239. The average molecular weight is 351 g/mol. The van der Waals surface area contributed by atoms with Gasteiger partial charge in [0.15, 0.2) is 5.82 Å². The molecule has 112 valence electrons. The average Bonchev–Trinajstić information content (AvgIpc) is 3.08. The van der Waals surface area contributed by atoms with Crippen molar-refractivity contribution in [1.29, 1.82) is 0 Å². The molecule has 0 radical (unpaired) electrons. The fourth-order valence-corrected chi connectivity index (χ4v) is 3.84. The molecular formula is C15H12Cl2N4S. The van der Waals surface area contributed by atoms with Gasteiger partial charge in [-0.2, -0.15) is 0 Å². The molecule has 0 fully saturated rings. The zero-order chi connectivity index (χ0) is 15.3. The lowest BCUT2D eigenvalue weighted by Crippen LogP contribution is -2.09. The number of thiophene rings is 1. The van der Waals surface area contributed by atoms with Crippen LogP contribution in [0.4, 0.5) is 5.69 Å². The summed E-state index contributed by atoms with van der Waals surface area (Å²) in [6.45, 7) is 2.92. The third-order valence-electron chi connectivity index (χ3n) is 3.72. The highest BCUT2D eigenvalue weighted by Crippen LogP contribution is 2.37. The monoisotopic (exact) mass is 350 g/mol. The maximum Gasteiger partial charge on any atom is 0.178 e. The Balaban J connectivity index is 1.99. The molecule has 1 N–H and O–H groups in total. The number of nitrogens with zero attached hydrogens (tertiary/aromatic N) is 3. The first-order chi connectivity index (χ1) is 10.6. The van der Waals surface area contributed by atoms with Crippen molar-refractivity contribution in [3.05, 3.63) is 45.5 Å². The lowest BCUT2D eigenvalue weighted by molar-refractivity contribution is 0.725. The Morgan fingerprint density at radius 3 is 2.86 bits per heavy atom. The van der Waals surface area contributed by atoms with Crippen molar-refractivity contribution in [2.45, 2.75) is 12.8 Å². The van der Waals surface area contributed by atoms with Crippen molar-refractivity contribution < 1.29 is 0 Å². The topological polar surface area (TPSA) is 42.7 Å². The van der Waals surface area contributed by atoms with Crippen molar-refractivity contribution in [3.8, 4) is 16.4 Å². The number of rotatable bonds is 1. The highest BCUT2D eigenvalue weighted by Gasteiger charge is 2.25. The first-order valence-electron chi connectivity index (χ1n) is 6.88. The number of aromatic nitrogens is 3. The van der Waals surface area contributed by atoms with Gasteiger partial charge in [0.05, 0.1) is 20.6 Å². The van der Waals surface area contributed by atoms with Gasteiger partial charge in [-0.15, -0.1) is 21.5 Å². The molecule has 0 bridgehead atoms. The van der Waals surface area contributed by atoms with Gasteiger partial charge < -0.3 is 5.32 Å². The summed E-state index contributed by atoms with van der Waals surface area (Å²) < 4.78 is 2.84. The van der Waals surface area contributed by atoms with Crippen LogP contribution in [0.15, 0.2) is 30.3 Å². The molecule has 4 nitrogen and oxygen atoms in total. The van der Waals surface area contributed by atoms with Gasteiger partial charge in [0, 0.05) is 17.5 Å². The molecule has 0 amide bonds. The van der Waals surface area contributed by atoms with E-state index >= 15 is 0 Å². The summed E-state index contributed by atoms with van der Waals surface area (Å²) >= 11 is 13.7. The van der Waals surface area contributed by atoms with Crippen LogP contribution in [0.3, 0.4) is 0 Å². The van der Waals surface area contributed by atoms with Crippen LogP contribution in [0.5, 0.6) is 0 Å². The van der Waals surface area contributed by atoms with E-state index < -0.39 is 0 Å². The number of fused-ring (bicyclic) bond motifs is 3. The standard InChI is InChI=1S/C15H12Cl2N4S/c1-8-7-18-10-6-9(16)2-3-11(10)21-14(8)19-20-15(21)12-4-5-13(17)22-12/h2-6,8,18H,7H2,1H3/t8-/m1/s1. The van der Waals surface area contributed by atoms with Gasteiger partial charge in [0.2, 0.25) is 0 Å². The lowest BCUT2D eigenvalue weighted by Gasteiger charge is -2.11. The minimum atomic E-state index is 0.239. The van der Waals surface area contributed by atoms with Crippen LogP contribution in [0.25, 0.3) is 16.4 Å². The van der Waals surface area contributed by atoms with Gasteiger partial charge in [-0.05, 0) is 30.3 Å². The second kappa shape index (κ2) is 5.26. The Bertz CT molecular complexity index is 855. The molecule has 0 spiro atoms. The summed E-state index contributed by atoms with van der Waals surface area (Å²) in [6, 6.07) is 9.67. The summed E-state index contributed by atoms with van der Waals surface area (Å²) in [6.07, 6.45) is 0. The predicted molar refractivity (Wildman–Crippen MR) is 91.6 cm³/mol. The predicted octanol–water partition coefficient (Wildman–Crippen LogP) is 4.83. The number of nitrogens with one attached hydrogen (secondary N) is 1. The normalized spacial score (nSPS) is 16.6. The van der Waals surface area contributed by atoms with Crippen LogP contribution in [0.2, 0.25) is 9.36 Å². The van der Waals surface area contributed by atoms with Crippen molar-refractivity contribution in [2.24, 2.45) is 0 Å². The van der Waals surface area contributed by atoms with E-state index in [4.69, 9.17) is 23.2 Å². The van der Waals surface area contributed by atoms with E-state index in [1.807, 2.05) is 30.3 Å². The van der Waals surface area contributed by atoms with Crippen LogP contribution in [0.1, 0.15) is 18.7 Å². The molecule has 0 saturated carbocycles. The zero-order valence-electron chi connectivity index (χ0n) is 11.7. The number of hydrogen-bond acceptors (Lipinski definition) is 4. The second-order valence-electron chi connectivity index (χ2n) is 5.26. The molecule has 7 heteroatoms. The Hall–Kier alpha value is -1.56. The molecule has 4 rings (SSSR count). The van der Waals surface area contributed by atoms with Gasteiger partial charge in [0.1, 0.15) is 5.82 Å². The van der Waals surface area contributed by atoms with Crippen LogP contribution >= 0.6 is 34.5 Å². The first kappa shape index (κ1) is 14.1. The van der Waals surface area contributed by atoms with E-state index in [0.29, 0.717) is 5.02 Å². The SMILES string of the molecule is C[C@@H]1CNc2cc(Cl)ccc2-n2c(-c3ccc(Cl)s3)nnc21. The Kier molecular flexibility index (Phi) is 3.36. The maximum atomic E-state index is 6.13. The van der Waals surface area contributed by atoms with Crippen molar-refractivity contribution in [2.75, 3.05) is 11.9 Å². The quantitative estimate of drug-likeness (QED) is 0.683. The van der Waals surface area contributed by atoms with Crippen LogP contribution in [0, 0.1) is 0 Å². The molecule has 1 atom stereocenters. The molecule has 3 heterocycles. The molecule has 0 saturated heterocycles. The smallest absolute Gasteiger partial charge is 0.178 e. The van der Waals surface area contributed by atoms with E-state index in [-0.39, 0.29) is 5.92 Å². The fourth-order valence-electron chi connectivity index (χ4n) is 2.65. The molecular weight excluding hydrogens is 339 g/mol. The van der Waals surface area contributed by atoms with Crippen molar-refractivity contribution in [1.82, 2.24) is 14.8 Å². The molecule has 1 aliphatic heterocycles. The molecule has 0 aliphatic carbocycles. The van der Waals surface area contributed by atoms with E-state index in [1.54, 1.807) is 0 Å². The molecule has 1 aromatic carbocycles. The van der Waals surface area contributed by atoms with Gasteiger partial charge in [0.25, 0.3) is 0 Å². The van der Waals surface area contributed by atoms with Crippen LogP contribution in [-0.4, -0.2) is 21.3 Å². The van der Waals surface area contributed by atoms with Crippen LogP contribution in [-0.2, 0) is 0 Å². The van der Waals surface area contributed by atoms with Crippen molar-refractivity contribution >= 4 is 40.2 Å². The Morgan fingerprint density at radius 2 is 2.09 bits per heavy atom. The van der Waals surface area contributed by atoms with Gasteiger partial charge in [-0.1, -0.05) is 30.1 Å². The molecule has 0 unspecified atom stereocenters. The van der Waals surface area contributed by atoms with Gasteiger partial charge in [-0.3, -0.25) is 4.57 Å². The highest BCUT2D eigenvalue weighted by atomic mass is 35.5. The molecule has 1 aliphatic rings. The minimum Gasteiger partial charge on any atom is -0.383 e. The third kappa shape index (κ3) is 2.20. The summed E-state index contributed by atoms with van der Waals surface area (Å²) in [5, 5.41) is 12.9. The Morgan fingerprint density at radius 1 is 1.23 bits per heavy atom. The summed E-state index contributed by atoms with van der Waals surface area (Å²) in [5.41, 5.74) is 2.00. The van der Waals surface area contributed by atoms with Gasteiger partial charge in [-0.25, -0.2) is 0 Å². The van der Waals surface area contributed by atoms with E-state index in [9.17, 15) is 0 Å². The fraction of sp³-hybridized carbons (Fsp3) is 0.200. The molecule has 3 aromatic rings. The number of benzene rings is 1. The Labute approximate surface area is 141 Å². The van der Waals surface area contributed by atoms with Crippen LogP contribution < -0.4 is 5.32 Å². The number of hydrogen-bond donors (Lipinski definition) is 1. The number of anilines is 1. The largest absolute Gasteiger partial charge is 0.383 e. The molecule has 22 heavy (non-hydrogen) atoms. The number of halogens is 2. The summed E-state index contributed by atoms with van der Waals surface area (Å²) in [5.74, 6) is 1.99. The van der Waals surface area contributed by atoms with Crippen molar-refractivity contribution in [3.63, 3.8) is 0 Å². The maximum absolute atomic E-state index is 6.13. The zero-order valence-corrected chi connectivity index (χ0v) is 14.0. The lowest BCUT2D eigenvalue weighted by atomic mass is 10.1. The van der Waals surface area contributed by atoms with E-state index in [2.05, 4.69) is 27.0 Å². The van der Waals surface area contributed by atoms with E-state index in [1.165, 1.54) is 11.3 Å². The van der Waals surface area contributed by atoms with E-state index in [0.717, 1.165) is 38.8 Å². The van der Waals surface area contributed by atoms with Gasteiger partial charge >= 0.3 is 0 Å². The summed E-state index contributed by atoms with van der Waals surface area (Å²) in [7, 11) is 0. The summed E-state index contributed by atoms with van der Waals surface area (Å²) in [4.78, 5) is 0.999. The second-order valence-corrected chi connectivity index (χ2v) is 7.42. The molecule has 2 aromatic heterocycles. The third-order valence-corrected chi connectivity index (χ3v) is 5.18.